The van der Waals surface area contributed by atoms with Gasteiger partial charge in [0.25, 0.3) is 5.91 Å². The fourth-order valence-corrected chi connectivity index (χ4v) is 3.84. The third kappa shape index (κ3) is 3.25. The van der Waals surface area contributed by atoms with Crippen molar-refractivity contribution in [3.8, 4) is 11.5 Å². The largest absolute Gasteiger partial charge is 0.497 e. The summed E-state index contributed by atoms with van der Waals surface area (Å²) in [6.07, 6.45) is 1.68. The maximum atomic E-state index is 13.1. The van der Waals surface area contributed by atoms with E-state index >= 15 is 0 Å². The zero-order chi connectivity index (χ0) is 19.0. The first kappa shape index (κ1) is 17.5. The fraction of sp³-hybridized carbons (Fsp3) is 0.318. The molecule has 0 bridgehead atoms. The lowest BCUT2D eigenvalue weighted by atomic mass is 10.1. The minimum Gasteiger partial charge on any atom is -0.497 e. The summed E-state index contributed by atoms with van der Waals surface area (Å²) in [6.45, 7) is 3.50. The van der Waals surface area contributed by atoms with Crippen molar-refractivity contribution in [3.63, 3.8) is 0 Å². The fourth-order valence-electron chi connectivity index (χ4n) is 3.84. The molecule has 2 aromatic carbocycles. The molecular weight excluding hydrogens is 340 g/mol. The van der Waals surface area contributed by atoms with Crippen molar-refractivity contribution in [2.24, 2.45) is 0 Å². The number of benzene rings is 2. The molecule has 5 nitrogen and oxygen atoms in total. The average Bonchev–Trinajstić information content (AvgIpc) is 2.89. The lowest BCUT2D eigenvalue weighted by molar-refractivity contribution is 0.0762. The van der Waals surface area contributed by atoms with E-state index in [-0.39, 0.29) is 5.91 Å². The summed E-state index contributed by atoms with van der Waals surface area (Å²) in [7, 11) is 3.18. The van der Waals surface area contributed by atoms with Gasteiger partial charge in [-0.3, -0.25) is 4.79 Å². The smallest absolute Gasteiger partial charge is 0.254 e. The average molecular weight is 364 g/mol. The van der Waals surface area contributed by atoms with Crippen molar-refractivity contribution < 1.29 is 14.3 Å². The van der Waals surface area contributed by atoms with Crippen LogP contribution in [0.3, 0.4) is 0 Å². The van der Waals surface area contributed by atoms with E-state index in [2.05, 4.69) is 30.1 Å². The standard InChI is InChI=1S/C22H24N2O3/c1-14-4-5-20-19(10-14)18-6-8-24(9-7-21(18)23-20)22(25)15-11-16(26-2)13-17(12-15)27-3/h4-5,10-13,23H,6-9H2,1-3H3. The maximum Gasteiger partial charge on any atom is 0.254 e. The quantitative estimate of drug-likeness (QED) is 0.770. The normalized spacial score (nSPS) is 14.0. The summed E-state index contributed by atoms with van der Waals surface area (Å²) in [5.41, 5.74) is 5.62. The molecule has 3 aromatic rings. The summed E-state index contributed by atoms with van der Waals surface area (Å²) >= 11 is 0. The molecule has 0 radical (unpaired) electrons. The van der Waals surface area contributed by atoms with Crippen LogP contribution in [0.1, 0.15) is 27.2 Å². The van der Waals surface area contributed by atoms with Gasteiger partial charge in [0, 0.05) is 47.7 Å². The number of carbonyl (C=O) groups is 1. The highest BCUT2D eigenvalue weighted by atomic mass is 16.5. The molecule has 1 N–H and O–H groups in total. The van der Waals surface area contributed by atoms with Gasteiger partial charge in [0.2, 0.25) is 0 Å². The van der Waals surface area contributed by atoms with E-state index in [0.717, 1.165) is 12.8 Å². The van der Waals surface area contributed by atoms with Gasteiger partial charge in [0.15, 0.2) is 0 Å². The zero-order valence-corrected chi connectivity index (χ0v) is 16.0. The Hall–Kier alpha value is -2.95. The van der Waals surface area contributed by atoms with E-state index in [9.17, 15) is 4.79 Å². The number of methoxy groups -OCH3 is 2. The zero-order valence-electron chi connectivity index (χ0n) is 16.0. The Morgan fingerprint density at radius 2 is 1.70 bits per heavy atom. The van der Waals surface area contributed by atoms with Gasteiger partial charge in [0.1, 0.15) is 11.5 Å². The number of hydrogen-bond acceptors (Lipinski definition) is 3. The molecule has 0 saturated carbocycles. The number of rotatable bonds is 3. The second-order valence-electron chi connectivity index (χ2n) is 7.02. The van der Waals surface area contributed by atoms with Crippen molar-refractivity contribution in [1.82, 2.24) is 9.88 Å². The third-order valence-corrected chi connectivity index (χ3v) is 5.30. The predicted octanol–water partition coefficient (Wildman–Crippen LogP) is 3.73. The molecule has 1 aliphatic heterocycles. The molecular formula is C22H24N2O3. The van der Waals surface area contributed by atoms with Gasteiger partial charge < -0.3 is 19.4 Å². The Morgan fingerprint density at radius 3 is 2.41 bits per heavy atom. The highest BCUT2D eigenvalue weighted by Gasteiger charge is 2.23. The van der Waals surface area contributed by atoms with E-state index in [4.69, 9.17) is 9.47 Å². The Balaban J connectivity index is 1.60. The van der Waals surface area contributed by atoms with Crippen molar-refractivity contribution in [2.75, 3.05) is 27.3 Å². The first-order chi connectivity index (χ1) is 13.1. The monoisotopic (exact) mass is 364 g/mol. The molecule has 2 heterocycles. The topological polar surface area (TPSA) is 54.6 Å². The number of H-pyrrole nitrogens is 1. The van der Waals surface area contributed by atoms with Crippen LogP contribution >= 0.6 is 0 Å². The number of amides is 1. The molecule has 0 atom stereocenters. The number of aryl methyl sites for hydroxylation is 1. The van der Waals surface area contributed by atoms with E-state index in [1.165, 1.54) is 27.7 Å². The molecule has 0 saturated heterocycles. The number of fused-ring (bicyclic) bond motifs is 3. The van der Waals surface area contributed by atoms with Crippen molar-refractivity contribution >= 4 is 16.8 Å². The molecule has 0 spiro atoms. The second-order valence-corrected chi connectivity index (χ2v) is 7.02. The molecule has 1 aromatic heterocycles. The van der Waals surface area contributed by atoms with E-state index < -0.39 is 0 Å². The highest BCUT2D eigenvalue weighted by Crippen LogP contribution is 2.28. The van der Waals surface area contributed by atoms with Crippen LogP contribution in [0, 0.1) is 6.92 Å². The first-order valence-corrected chi connectivity index (χ1v) is 9.21. The lowest BCUT2D eigenvalue weighted by Gasteiger charge is -2.21. The molecule has 27 heavy (non-hydrogen) atoms. The van der Waals surface area contributed by atoms with Crippen LogP contribution in [0.5, 0.6) is 11.5 Å². The van der Waals surface area contributed by atoms with Gasteiger partial charge in [0.05, 0.1) is 14.2 Å². The van der Waals surface area contributed by atoms with E-state index in [1.54, 1.807) is 32.4 Å². The summed E-state index contributed by atoms with van der Waals surface area (Å²) in [5, 5.41) is 1.28. The minimum atomic E-state index is 0.0119. The molecule has 5 heteroatoms. The van der Waals surface area contributed by atoms with Gasteiger partial charge in [-0.05, 0) is 43.2 Å². The SMILES string of the molecule is COc1cc(OC)cc(C(=O)N2CCc3[nH]c4ccc(C)cc4c3CC2)c1. The van der Waals surface area contributed by atoms with Crippen LogP contribution in [-0.4, -0.2) is 43.1 Å². The molecule has 1 aliphatic rings. The number of hydrogen-bond donors (Lipinski definition) is 1. The van der Waals surface area contributed by atoms with Crippen LogP contribution in [-0.2, 0) is 12.8 Å². The Bertz CT molecular complexity index is 984. The Kier molecular flexibility index (Phi) is 4.52. The minimum absolute atomic E-state index is 0.0119. The molecule has 140 valence electrons. The third-order valence-electron chi connectivity index (χ3n) is 5.30. The summed E-state index contributed by atoms with van der Waals surface area (Å²) in [6, 6.07) is 11.8. The first-order valence-electron chi connectivity index (χ1n) is 9.21. The Labute approximate surface area is 158 Å². The number of carbonyl (C=O) groups excluding carboxylic acids is 1. The summed E-state index contributed by atoms with van der Waals surface area (Å²) < 4.78 is 10.6. The molecule has 0 aliphatic carbocycles. The van der Waals surface area contributed by atoms with Crippen LogP contribution in [0.15, 0.2) is 36.4 Å². The van der Waals surface area contributed by atoms with Gasteiger partial charge in [-0.25, -0.2) is 0 Å². The van der Waals surface area contributed by atoms with Crippen LogP contribution in [0.25, 0.3) is 10.9 Å². The van der Waals surface area contributed by atoms with Crippen molar-refractivity contribution in [3.05, 3.63) is 58.8 Å². The van der Waals surface area contributed by atoms with Crippen LogP contribution < -0.4 is 9.47 Å². The van der Waals surface area contributed by atoms with Crippen LogP contribution in [0.2, 0.25) is 0 Å². The molecule has 1 amide bonds. The number of aromatic nitrogens is 1. The second kappa shape index (κ2) is 6.99. The predicted molar refractivity (Wildman–Crippen MR) is 106 cm³/mol. The molecule has 0 fully saturated rings. The van der Waals surface area contributed by atoms with Gasteiger partial charge >= 0.3 is 0 Å². The number of aromatic amines is 1. The Morgan fingerprint density at radius 1 is 1.00 bits per heavy atom. The summed E-state index contributed by atoms with van der Waals surface area (Å²) in [4.78, 5) is 18.5. The van der Waals surface area contributed by atoms with E-state index in [1.807, 2.05) is 4.90 Å². The number of ether oxygens (including phenoxy) is 2. The maximum absolute atomic E-state index is 13.1. The lowest BCUT2D eigenvalue weighted by Crippen LogP contribution is -2.33. The van der Waals surface area contributed by atoms with Crippen molar-refractivity contribution in [1.29, 1.82) is 0 Å². The van der Waals surface area contributed by atoms with Gasteiger partial charge in [-0.15, -0.1) is 0 Å². The van der Waals surface area contributed by atoms with Crippen LogP contribution in [0.4, 0.5) is 0 Å². The summed E-state index contributed by atoms with van der Waals surface area (Å²) in [5.74, 6) is 1.26. The van der Waals surface area contributed by atoms with E-state index in [0.29, 0.717) is 30.2 Å². The van der Waals surface area contributed by atoms with Crippen molar-refractivity contribution in [2.45, 2.75) is 19.8 Å². The molecule has 0 unspecified atom stereocenters. The molecule has 4 rings (SSSR count). The number of nitrogens with zero attached hydrogens (tertiary/aromatic N) is 1. The van der Waals surface area contributed by atoms with Gasteiger partial charge in [-0.1, -0.05) is 11.6 Å². The van der Waals surface area contributed by atoms with Gasteiger partial charge in [-0.2, -0.15) is 0 Å². The highest BCUT2D eigenvalue weighted by molar-refractivity contribution is 5.95. The number of nitrogens with one attached hydrogen (secondary N) is 1.